The Kier molecular flexibility index (Phi) is 9.43. The number of aromatic nitrogens is 2. The zero-order chi connectivity index (χ0) is 31.2. The van der Waals surface area contributed by atoms with Gasteiger partial charge in [-0.2, -0.15) is 5.10 Å². The maximum absolute atomic E-state index is 13.4. The molecule has 0 radical (unpaired) electrons. The van der Waals surface area contributed by atoms with Crippen molar-refractivity contribution in [3.63, 3.8) is 0 Å². The van der Waals surface area contributed by atoms with E-state index in [0.29, 0.717) is 18.5 Å². The zero-order valence-corrected chi connectivity index (χ0v) is 25.5. The predicted octanol–water partition coefficient (Wildman–Crippen LogP) is 5.23. The lowest BCUT2D eigenvalue weighted by Crippen LogP contribution is -2.36. The van der Waals surface area contributed by atoms with Crippen molar-refractivity contribution >= 4 is 29.2 Å². The number of aryl methyl sites for hydroxylation is 1. The smallest absolute Gasteiger partial charge is 0.322 e. The van der Waals surface area contributed by atoms with Crippen LogP contribution in [0.1, 0.15) is 51.9 Å². The number of rotatable bonds is 11. The van der Waals surface area contributed by atoms with Gasteiger partial charge in [0.25, 0.3) is 5.91 Å². The first-order chi connectivity index (χ1) is 21.2. The lowest BCUT2D eigenvalue weighted by Gasteiger charge is -2.31. The molecule has 1 aromatic heterocycles. The third-order valence-electron chi connectivity index (χ3n) is 8.30. The van der Waals surface area contributed by atoms with Gasteiger partial charge >= 0.3 is 5.97 Å². The van der Waals surface area contributed by atoms with Crippen molar-refractivity contribution in [1.82, 2.24) is 15.1 Å². The minimum Gasteiger partial charge on any atom is -0.480 e. The Bertz CT molecular complexity index is 1680. The van der Waals surface area contributed by atoms with Crippen molar-refractivity contribution in [3.8, 4) is 11.1 Å². The van der Waals surface area contributed by atoms with Gasteiger partial charge in [-0.3, -0.25) is 19.1 Å². The minimum atomic E-state index is -1.09. The number of carboxylic acids is 1. The molecule has 5 rings (SSSR count). The van der Waals surface area contributed by atoms with Crippen LogP contribution >= 0.6 is 0 Å². The summed E-state index contributed by atoms with van der Waals surface area (Å²) in [7, 11) is 2.09. The number of anilines is 2. The van der Waals surface area contributed by atoms with Gasteiger partial charge in [-0.25, -0.2) is 0 Å². The second-order valence-corrected chi connectivity index (χ2v) is 11.4. The average molecular weight is 594 g/mol. The van der Waals surface area contributed by atoms with Crippen LogP contribution in [-0.4, -0.2) is 59.4 Å². The van der Waals surface area contributed by atoms with Crippen molar-refractivity contribution in [2.75, 3.05) is 36.5 Å². The number of carbonyl (C=O) groups excluding carboxylic acids is 2. The number of nitrogens with zero attached hydrogens (tertiary/aromatic N) is 4. The molecule has 2 heterocycles. The summed E-state index contributed by atoms with van der Waals surface area (Å²) in [6.45, 7) is 5.82. The van der Waals surface area contributed by atoms with E-state index in [4.69, 9.17) is 5.11 Å². The summed E-state index contributed by atoms with van der Waals surface area (Å²) in [5.41, 5.74) is 9.21. The van der Waals surface area contributed by atoms with Gasteiger partial charge in [-0.1, -0.05) is 36.4 Å². The first-order valence-corrected chi connectivity index (χ1v) is 15.0. The number of carbonyl (C=O) groups is 3. The molecular weight excluding hydrogens is 554 g/mol. The van der Waals surface area contributed by atoms with Crippen LogP contribution in [0.3, 0.4) is 0 Å². The highest BCUT2D eigenvalue weighted by atomic mass is 16.4. The summed E-state index contributed by atoms with van der Waals surface area (Å²) >= 11 is 0. The molecule has 2 amide bonds. The highest BCUT2D eigenvalue weighted by Crippen LogP contribution is 2.36. The largest absolute Gasteiger partial charge is 0.480 e. The van der Waals surface area contributed by atoms with E-state index in [0.717, 1.165) is 60.3 Å². The molecule has 3 aromatic carbocycles. The molecule has 0 bridgehead atoms. The van der Waals surface area contributed by atoms with E-state index in [-0.39, 0.29) is 5.91 Å². The van der Waals surface area contributed by atoms with E-state index in [2.05, 4.69) is 60.5 Å². The summed E-state index contributed by atoms with van der Waals surface area (Å²) < 4.78 is 1.82. The predicted molar refractivity (Wildman–Crippen MR) is 172 cm³/mol. The molecule has 44 heavy (non-hydrogen) atoms. The van der Waals surface area contributed by atoms with E-state index >= 15 is 0 Å². The van der Waals surface area contributed by atoms with Crippen LogP contribution in [0.4, 0.5) is 11.4 Å². The molecule has 9 heteroatoms. The SMILES string of the molecule is Cc1cccc(N(C)CCCC(=O)N2CCCc3c(-c4cnn(Cc5cccc(C(=O)NCC(=O)O)c5)c4)cccc32)c1C. The van der Waals surface area contributed by atoms with E-state index < -0.39 is 18.4 Å². The highest BCUT2D eigenvalue weighted by molar-refractivity contribution is 5.96. The number of amides is 2. The van der Waals surface area contributed by atoms with Gasteiger partial charge in [0.1, 0.15) is 6.54 Å². The molecule has 0 fully saturated rings. The first-order valence-electron chi connectivity index (χ1n) is 15.0. The number of nitrogens with one attached hydrogen (secondary N) is 1. The molecule has 0 unspecified atom stereocenters. The monoisotopic (exact) mass is 593 g/mol. The Labute approximate surface area is 258 Å². The third-order valence-corrected chi connectivity index (χ3v) is 8.30. The molecule has 4 aromatic rings. The Morgan fingerprint density at radius 3 is 2.66 bits per heavy atom. The second-order valence-electron chi connectivity index (χ2n) is 11.4. The fourth-order valence-corrected chi connectivity index (χ4v) is 5.87. The zero-order valence-electron chi connectivity index (χ0n) is 25.5. The molecule has 0 atom stereocenters. The second kappa shape index (κ2) is 13.6. The van der Waals surface area contributed by atoms with Crippen molar-refractivity contribution in [1.29, 1.82) is 0 Å². The summed E-state index contributed by atoms with van der Waals surface area (Å²) in [6.07, 6.45) is 6.89. The van der Waals surface area contributed by atoms with E-state index in [9.17, 15) is 14.4 Å². The van der Waals surface area contributed by atoms with E-state index in [1.165, 1.54) is 16.8 Å². The molecule has 2 N–H and O–H groups in total. The highest BCUT2D eigenvalue weighted by Gasteiger charge is 2.25. The van der Waals surface area contributed by atoms with Gasteiger partial charge in [-0.05, 0) is 85.2 Å². The van der Waals surface area contributed by atoms with Gasteiger partial charge in [0.2, 0.25) is 5.91 Å². The molecule has 1 aliphatic rings. The fraction of sp³-hybridized carbons (Fsp3) is 0.314. The lowest BCUT2D eigenvalue weighted by atomic mass is 9.93. The summed E-state index contributed by atoms with van der Waals surface area (Å²) in [6, 6.07) is 19.5. The van der Waals surface area contributed by atoms with Gasteiger partial charge < -0.3 is 20.2 Å². The number of hydrogen-bond donors (Lipinski definition) is 2. The molecule has 0 saturated carbocycles. The molecule has 0 spiro atoms. The third kappa shape index (κ3) is 6.99. The number of benzene rings is 3. The number of hydrogen-bond acceptors (Lipinski definition) is 5. The summed E-state index contributed by atoms with van der Waals surface area (Å²) in [5.74, 6) is -1.37. The normalized spacial score (nSPS) is 12.5. The maximum atomic E-state index is 13.4. The standard InChI is InChI=1S/C35H39N5O4/c1-24-9-4-14-31(25(24)2)38(3)17-8-16-33(41)40-18-7-13-30-29(12-6-15-32(30)40)28-20-37-39(23-28)22-26-10-5-11-27(19-26)35(44)36-21-34(42)43/h4-6,9-12,14-15,19-20,23H,7-8,13,16-18,21-22H2,1-3H3,(H,36,44)(H,42,43). The van der Waals surface area contributed by atoms with Gasteiger partial charge in [-0.15, -0.1) is 0 Å². The summed E-state index contributed by atoms with van der Waals surface area (Å²) in [5, 5.41) is 15.8. The number of aliphatic carboxylic acids is 1. The van der Waals surface area contributed by atoms with Crippen molar-refractivity contribution in [2.24, 2.45) is 0 Å². The van der Waals surface area contributed by atoms with Crippen molar-refractivity contribution < 1.29 is 19.5 Å². The van der Waals surface area contributed by atoms with E-state index in [1.807, 2.05) is 40.2 Å². The Morgan fingerprint density at radius 2 is 1.84 bits per heavy atom. The average Bonchev–Trinajstić information content (AvgIpc) is 3.48. The van der Waals surface area contributed by atoms with Crippen LogP contribution < -0.4 is 15.1 Å². The number of carboxylic acid groups (broad SMARTS) is 1. The lowest BCUT2D eigenvalue weighted by molar-refractivity contribution is -0.135. The van der Waals surface area contributed by atoms with Crippen molar-refractivity contribution in [2.45, 2.75) is 46.1 Å². The van der Waals surface area contributed by atoms with Gasteiger partial charge in [0, 0.05) is 55.3 Å². The van der Waals surface area contributed by atoms with Crippen LogP contribution in [0.2, 0.25) is 0 Å². The fourth-order valence-electron chi connectivity index (χ4n) is 5.87. The van der Waals surface area contributed by atoms with Crippen LogP contribution in [0.25, 0.3) is 11.1 Å². The molecule has 1 aliphatic heterocycles. The Morgan fingerprint density at radius 1 is 1.05 bits per heavy atom. The van der Waals surface area contributed by atoms with Crippen LogP contribution in [0.15, 0.2) is 73.1 Å². The topological polar surface area (TPSA) is 108 Å². The summed E-state index contributed by atoms with van der Waals surface area (Å²) in [4.78, 5) is 40.7. The molecule has 9 nitrogen and oxygen atoms in total. The van der Waals surface area contributed by atoms with Gasteiger partial charge in [0.15, 0.2) is 0 Å². The van der Waals surface area contributed by atoms with Crippen molar-refractivity contribution in [3.05, 3.63) is 101 Å². The van der Waals surface area contributed by atoms with E-state index in [1.54, 1.807) is 18.2 Å². The molecule has 228 valence electrons. The minimum absolute atomic E-state index is 0.153. The Balaban J connectivity index is 1.25. The van der Waals surface area contributed by atoms with Gasteiger partial charge in [0.05, 0.1) is 12.7 Å². The first kappa shape index (κ1) is 30.5. The molecular formula is C35H39N5O4. The quantitative estimate of drug-likeness (QED) is 0.247. The molecule has 0 aliphatic carbocycles. The molecule has 0 saturated heterocycles. The van der Waals surface area contributed by atoms with Crippen LogP contribution in [-0.2, 0) is 22.6 Å². The number of fused-ring (bicyclic) bond motifs is 1. The Hall–Kier alpha value is -4.92. The van der Waals surface area contributed by atoms with Crippen LogP contribution in [0, 0.1) is 13.8 Å². The maximum Gasteiger partial charge on any atom is 0.322 e. The van der Waals surface area contributed by atoms with Crippen LogP contribution in [0.5, 0.6) is 0 Å².